The zero-order valence-electron chi connectivity index (χ0n) is 15.6. The Bertz CT molecular complexity index is 1220. The molecule has 0 radical (unpaired) electrons. The van der Waals surface area contributed by atoms with Crippen LogP contribution in [0.25, 0.3) is 21.8 Å². The van der Waals surface area contributed by atoms with Crippen LogP contribution < -0.4 is 5.32 Å². The number of pyridine rings is 1. The van der Waals surface area contributed by atoms with Gasteiger partial charge in [-0.2, -0.15) is 0 Å². The molecule has 1 amide bonds. The van der Waals surface area contributed by atoms with E-state index in [1.807, 2.05) is 36.5 Å². The van der Waals surface area contributed by atoms with E-state index < -0.39 is 17.9 Å². The Morgan fingerprint density at radius 1 is 1.17 bits per heavy atom. The van der Waals surface area contributed by atoms with Gasteiger partial charge in [-0.1, -0.05) is 41.9 Å². The number of fused-ring (bicyclic) bond motifs is 2. The second-order valence-electron chi connectivity index (χ2n) is 6.65. The minimum absolute atomic E-state index is 0.201. The van der Waals surface area contributed by atoms with Crippen molar-refractivity contribution in [3.63, 3.8) is 0 Å². The lowest BCUT2D eigenvalue weighted by Crippen LogP contribution is -2.43. The van der Waals surface area contributed by atoms with Crippen molar-refractivity contribution in [2.75, 3.05) is 7.11 Å². The maximum absolute atomic E-state index is 12.8. The number of methoxy groups -OCH3 is 1. The normalized spacial score (nSPS) is 12.1. The van der Waals surface area contributed by atoms with Crippen molar-refractivity contribution in [3.05, 3.63) is 77.1 Å². The topological polar surface area (TPSA) is 84.1 Å². The van der Waals surface area contributed by atoms with Gasteiger partial charge in [-0.05, 0) is 29.8 Å². The van der Waals surface area contributed by atoms with Crippen LogP contribution in [-0.4, -0.2) is 35.0 Å². The fourth-order valence-corrected chi connectivity index (χ4v) is 3.47. The van der Waals surface area contributed by atoms with Gasteiger partial charge >= 0.3 is 5.97 Å². The average molecular weight is 408 g/mol. The van der Waals surface area contributed by atoms with E-state index in [2.05, 4.69) is 15.3 Å². The molecular formula is C22H18ClN3O3. The molecule has 0 unspecified atom stereocenters. The zero-order valence-corrected chi connectivity index (χ0v) is 16.4. The number of rotatable bonds is 5. The molecule has 146 valence electrons. The standard InChI is InChI=1S/C22H18ClN3O3/c1-29-22(28)20(10-14-12-24-17-5-3-2-4-16(14)17)26-21(27)18-9-7-13-6-8-15(23)11-19(13)25-18/h2-9,11-12,20,24H,10H2,1H3,(H,26,27)/t20-/m1/s1. The first-order chi connectivity index (χ1) is 14.0. The van der Waals surface area contributed by atoms with Gasteiger partial charge in [-0.15, -0.1) is 0 Å². The number of aromatic nitrogens is 2. The van der Waals surface area contributed by atoms with Crippen LogP contribution in [0.3, 0.4) is 0 Å². The highest BCUT2D eigenvalue weighted by Gasteiger charge is 2.24. The largest absolute Gasteiger partial charge is 0.467 e. The summed E-state index contributed by atoms with van der Waals surface area (Å²) in [6.07, 6.45) is 2.13. The summed E-state index contributed by atoms with van der Waals surface area (Å²) in [6, 6.07) is 15.6. The third-order valence-corrected chi connectivity index (χ3v) is 5.01. The molecular weight excluding hydrogens is 390 g/mol. The number of carbonyl (C=O) groups excluding carboxylic acids is 2. The van der Waals surface area contributed by atoms with E-state index in [1.165, 1.54) is 7.11 Å². The second kappa shape index (κ2) is 7.93. The number of ether oxygens (including phenoxy) is 1. The molecule has 6 nitrogen and oxygen atoms in total. The summed E-state index contributed by atoms with van der Waals surface area (Å²) in [4.78, 5) is 32.6. The van der Waals surface area contributed by atoms with Crippen LogP contribution in [0, 0.1) is 0 Å². The van der Waals surface area contributed by atoms with Crippen molar-refractivity contribution in [3.8, 4) is 0 Å². The van der Waals surface area contributed by atoms with Crippen LogP contribution in [0.4, 0.5) is 0 Å². The molecule has 0 saturated heterocycles. The lowest BCUT2D eigenvalue weighted by Gasteiger charge is -2.16. The van der Waals surface area contributed by atoms with Crippen LogP contribution >= 0.6 is 11.6 Å². The van der Waals surface area contributed by atoms with Crippen LogP contribution in [0.2, 0.25) is 5.02 Å². The summed E-state index contributed by atoms with van der Waals surface area (Å²) in [5.74, 6) is -0.977. The van der Waals surface area contributed by atoms with E-state index in [0.717, 1.165) is 21.9 Å². The van der Waals surface area contributed by atoms with Crippen LogP contribution in [0.1, 0.15) is 16.1 Å². The number of benzene rings is 2. The molecule has 7 heteroatoms. The molecule has 29 heavy (non-hydrogen) atoms. The van der Waals surface area contributed by atoms with E-state index in [9.17, 15) is 9.59 Å². The van der Waals surface area contributed by atoms with Gasteiger partial charge in [0, 0.05) is 33.9 Å². The van der Waals surface area contributed by atoms with Crippen molar-refractivity contribution in [1.82, 2.24) is 15.3 Å². The van der Waals surface area contributed by atoms with E-state index in [-0.39, 0.29) is 5.69 Å². The molecule has 1 atom stereocenters. The second-order valence-corrected chi connectivity index (χ2v) is 7.08. The highest BCUT2D eigenvalue weighted by atomic mass is 35.5. The monoisotopic (exact) mass is 407 g/mol. The van der Waals surface area contributed by atoms with Crippen molar-refractivity contribution < 1.29 is 14.3 Å². The number of aromatic amines is 1. The van der Waals surface area contributed by atoms with Crippen LogP contribution in [0.15, 0.2) is 60.8 Å². The third kappa shape index (κ3) is 3.93. The summed E-state index contributed by atoms with van der Waals surface area (Å²) in [6.45, 7) is 0. The fourth-order valence-electron chi connectivity index (χ4n) is 3.30. The molecule has 0 spiro atoms. The Kier molecular flexibility index (Phi) is 5.18. The molecule has 2 heterocycles. The van der Waals surface area contributed by atoms with E-state index >= 15 is 0 Å². The first-order valence-corrected chi connectivity index (χ1v) is 9.43. The van der Waals surface area contributed by atoms with Crippen LogP contribution in [-0.2, 0) is 16.0 Å². The number of esters is 1. The molecule has 2 aromatic carbocycles. The predicted octanol–water partition coefficient (Wildman–Crippen LogP) is 3.88. The fraction of sp³-hybridized carbons (Fsp3) is 0.136. The number of para-hydroxylation sites is 1. The van der Waals surface area contributed by atoms with E-state index in [1.54, 1.807) is 24.3 Å². The molecule has 4 aromatic rings. The van der Waals surface area contributed by atoms with Crippen molar-refractivity contribution >= 4 is 45.3 Å². The first kappa shape index (κ1) is 19.0. The maximum atomic E-state index is 12.8. The van der Waals surface area contributed by atoms with Crippen molar-refractivity contribution in [2.24, 2.45) is 0 Å². The highest BCUT2D eigenvalue weighted by Crippen LogP contribution is 2.20. The Morgan fingerprint density at radius 3 is 2.79 bits per heavy atom. The molecule has 0 saturated carbocycles. The minimum Gasteiger partial charge on any atom is -0.467 e. The Morgan fingerprint density at radius 2 is 1.97 bits per heavy atom. The van der Waals surface area contributed by atoms with Gasteiger partial charge in [0.25, 0.3) is 5.91 Å². The summed E-state index contributed by atoms with van der Waals surface area (Å²) in [5.41, 5.74) is 2.68. The predicted molar refractivity (Wildman–Crippen MR) is 112 cm³/mol. The quantitative estimate of drug-likeness (QED) is 0.492. The maximum Gasteiger partial charge on any atom is 0.328 e. The molecule has 0 aliphatic heterocycles. The van der Waals surface area contributed by atoms with Gasteiger partial charge in [0.2, 0.25) is 0 Å². The van der Waals surface area contributed by atoms with Gasteiger partial charge in [-0.3, -0.25) is 4.79 Å². The number of H-pyrrole nitrogens is 1. The summed E-state index contributed by atoms with van der Waals surface area (Å²) >= 11 is 6.02. The Balaban J connectivity index is 1.59. The number of halogens is 1. The van der Waals surface area contributed by atoms with Crippen molar-refractivity contribution in [2.45, 2.75) is 12.5 Å². The summed E-state index contributed by atoms with van der Waals surface area (Å²) in [5, 5.41) is 5.14. The van der Waals surface area contributed by atoms with E-state index in [4.69, 9.17) is 16.3 Å². The molecule has 0 aliphatic rings. The number of nitrogens with one attached hydrogen (secondary N) is 2. The summed E-state index contributed by atoms with van der Waals surface area (Å²) < 4.78 is 4.89. The molecule has 0 fully saturated rings. The molecule has 2 N–H and O–H groups in total. The Labute approximate surface area is 171 Å². The smallest absolute Gasteiger partial charge is 0.328 e. The van der Waals surface area contributed by atoms with Gasteiger partial charge < -0.3 is 15.0 Å². The minimum atomic E-state index is -0.844. The lowest BCUT2D eigenvalue weighted by atomic mass is 10.0. The molecule has 2 aromatic heterocycles. The molecule has 0 bridgehead atoms. The van der Waals surface area contributed by atoms with Gasteiger partial charge in [0.1, 0.15) is 11.7 Å². The first-order valence-electron chi connectivity index (χ1n) is 9.05. The average Bonchev–Trinajstić information content (AvgIpc) is 3.15. The number of nitrogens with zero attached hydrogens (tertiary/aromatic N) is 1. The SMILES string of the molecule is COC(=O)[C@@H](Cc1c[nH]c2ccccc12)NC(=O)c1ccc2ccc(Cl)cc2n1. The van der Waals surface area contributed by atoms with Crippen molar-refractivity contribution in [1.29, 1.82) is 0 Å². The number of hydrogen-bond donors (Lipinski definition) is 2. The third-order valence-electron chi connectivity index (χ3n) is 4.78. The number of amides is 1. The molecule has 4 rings (SSSR count). The van der Waals surface area contributed by atoms with Crippen LogP contribution in [0.5, 0.6) is 0 Å². The number of carbonyl (C=O) groups is 2. The Hall–Kier alpha value is -3.38. The zero-order chi connectivity index (χ0) is 20.4. The lowest BCUT2D eigenvalue weighted by molar-refractivity contribution is -0.142. The highest BCUT2D eigenvalue weighted by molar-refractivity contribution is 6.31. The van der Waals surface area contributed by atoms with E-state index in [0.29, 0.717) is 17.0 Å². The summed E-state index contributed by atoms with van der Waals surface area (Å²) in [7, 11) is 1.30. The molecule has 0 aliphatic carbocycles. The number of hydrogen-bond acceptors (Lipinski definition) is 4. The van der Waals surface area contributed by atoms with Gasteiger partial charge in [-0.25, -0.2) is 9.78 Å². The van der Waals surface area contributed by atoms with Gasteiger partial charge in [0.05, 0.1) is 12.6 Å². The van der Waals surface area contributed by atoms with Gasteiger partial charge in [0.15, 0.2) is 0 Å².